The summed E-state index contributed by atoms with van der Waals surface area (Å²) in [5, 5.41) is 11.7. The van der Waals surface area contributed by atoms with Crippen LogP contribution in [-0.4, -0.2) is 17.1 Å². The molecule has 0 aromatic heterocycles. The van der Waals surface area contributed by atoms with Gasteiger partial charge >= 0.3 is 5.97 Å². The van der Waals surface area contributed by atoms with Crippen LogP contribution in [0, 0.1) is 5.82 Å². The highest BCUT2D eigenvalue weighted by atomic mass is 79.9. The summed E-state index contributed by atoms with van der Waals surface area (Å²) >= 11 is 3.25. The first-order chi connectivity index (χ1) is 7.41. The van der Waals surface area contributed by atoms with E-state index < -0.39 is 12.0 Å². The molecule has 0 saturated heterocycles. The maximum atomic E-state index is 12.9. The first-order valence-electron chi connectivity index (χ1n) is 4.85. The van der Waals surface area contributed by atoms with Crippen molar-refractivity contribution in [1.29, 1.82) is 0 Å². The van der Waals surface area contributed by atoms with E-state index >= 15 is 0 Å². The Morgan fingerprint density at radius 3 is 2.62 bits per heavy atom. The molecule has 2 unspecified atom stereocenters. The van der Waals surface area contributed by atoms with Crippen LogP contribution in [-0.2, 0) is 4.79 Å². The van der Waals surface area contributed by atoms with E-state index in [9.17, 15) is 9.18 Å². The van der Waals surface area contributed by atoms with Crippen molar-refractivity contribution in [2.75, 3.05) is 0 Å². The molecule has 1 aromatic rings. The third kappa shape index (κ3) is 3.28. The minimum absolute atomic E-state index is 0.166. The number of halogens is 2. The number of hydrogen-bond acceptors (Lipinski definition) is 2. The second-order valence-electron chi connectivity index (χ2n) is 3.61. The van der Waals surface area contributed by atoms with Crippen LogP contribution >= 0.6 is 15.9 Å². The summed E-state index contributed by atoms with van der Waals surface area (Å²) in [6.07, 6.45) is 0. The lowest BCUT2D eigenvalue weighted by atomic mass is 10.1. The van der Waals surface area contributed by atoms with Crippen LogP contribution in [0.2, 0.25) is 0 Å². The number of nitrogens with one attached hydrogen (secondary N) is 1. The van der Waals surface area contributed by atoms with Crippen molar-refractivity contribution in [1.82, 2.24) is 5.32 Å². The molecule has 0 heterocycles. The molecule has 0 bridgehead atoms. The molecule has 0 spiro atoms. The van der Waals surface area contributed by atoms with E-state index in [-0.39, 0.29) is 11.9 Å². The number of rotatable bonds is 4. The standard InChI is InChI=1S/C11H13BrFNO2/c1-6(14-7(2)11(15)16)9-4-3-8(13)5-10(9)12/h3-7,14H,1-2H3,(H,15,16). The molecule has 0 aliphatic rings. The number of carboxylic acid groups (broad SMARTS) is 1. The molecule has 3 nitrogen and oxygen atoms in total. The van der Waals surface area contributed by atoms with Crippen LogP contribution in [0.25, 0.3) is 0 Å². The molecular formula is C11H13BrFNO2. The molecule has 1 aromatic carbocycles. The summed E-state index contributed by atoms with van der Waals surface area (Å²) in [4.78, 5) is 10.7. The highest BCUT2D eigenvalue weighted by molar-refractivity contribution is 9.10. The fourth-order valence-corrected chi connectivity index (χ4v) is 2.08. The number of carbonyl (C=O) groups is 1. The predicted molar refractivity (Wildman–Crippen MR) is 62.7 cm³/mol. The minimum Gasteiger partial charge on any atom is -0.480 e. The first-order valence-corrected chi connectivity index (χ1v) is 5.65. The summed E-state index contributed by atoms with van der Waals surface area (Å²) in [6, 6.07) is 3.53. The van der Waals surface area contributed by atoms with Crippen molar-refractivity contribution >= 4 is 21.9 Å². The Bertz CT molecular complexity index is 398. The topological polar surface area (TPSA) is 49.3 Å². The second kappa shape index (κ2) is 5.41. The Kier molecular flexibility index (Phi) is 4.44. The monoisotopic (exact) mass is 289 g/mol. The molecule has 2 atom stereocenters. The van der Waals surface area contributed by atoms with E-state index in [1.807, 2.05) is 6.92 Å². The van der Waals surface area contributed by atoms with Gasteiger partial charge in [-0.05, 0) is 31.5 Å². The maximum absolute atomic E-state index is 12.9. The zero-order valence-corrected chi connectivity index (χ0v) is 10.6. The average molecular weight is 290 g/mol. The van der Waals surface area contributed by atoms with Gasteiger partial charge in [-0.15, -0.1) is 0 Å². The van der Waals surface area contributed by atoms with E-state index in [1.165, 1.54) is 12.1 Å². The molecule has 0 saturated carbocycles. The van der Waals surface area contributed by atoms with E-state index in [2.05, 4.69) is 21.2 Å². The quantitative estimate of drug-likeness (QED) is 0.896. The number of aliphatic carboxylic acids is 1. The van der Waals surface area contributed by atoms with Crippen molar-refractivity contribution in [3.63, 3.8) is 0 Å². The van der Waals surface area contributed by atoms with Crippen molar-refractivity contribution in [3.8, 4) is 0 Å². The summed E-state index contributed by atoms with van der Waals surface area (Å²) in [5.74, 6) is -1.24. The molecule has 5 heteroatoms. The molecule has 0 fully saturated rings. The first kappa shape index (κ1) is 13.1. The molecule has 88 valence electrons. The van der Waals surface area contributed by atoms with Gasteiger partial charge in [0.1, 0.15) is 11.9 Å². The van der Waals surface area contributed by atoms with Crippen LogP contribution in [0.4, 0.5) is 4.39 Å². The molecule has 0 radical (unpaired) electrons. The van der Waals surface area contributed by atoms with Gasteiger partial charge in [-0.25, -0.2) is 4.39 Å². The van der Waals surface area contributed by atoms with Gasteiger partial charge in [0.2, 0.25) is 0 Å². The van der Waals surface area contributed by atoms with Crippen molar-refractivity contribution in [3.05, 3.63) is 34.1 Å². The molecule has 0 aliphatic heterocycles. The Morgan fingerprint density at radius 2 is 2.12 bits per heavy atom. The van der Waals surface area contributed by atoms with Gasteiger partial charge in [-0.1, -0.05) is 22.0 Å². The van der Waals surface area contributed by atoms with Gasteiger partial charge in [0, 0.05) is 10.5 Å². The van der Waals surface area contributed by atoms with Crippen LogP contribution in [0.1, 0.15) is 25.5 Å². The fraction of sp³-hybridized carbons (Fsp3) is 0.364. The zero-order chi connectivity index (χ0) is 12.3. The molecular weight excluding hydrogens is 277 g/mol. The Balaban J connectivity index is 2.80. The van der Waals surface area contributed by atoms with Crippen molar-refractivity contribution in [2.45, 2.75) is 25.9 Å². The summed E-state index contributed by atoms with van der Waals surface area (Å²) in [7, 11) is 0. The maximum Gasteiger partial charge on any atom is 0.320 e. The van der Waals surface area contributed by atoms with Crippen molar-refractivity contribution in [2.24, 2.45) is 0 Å². The Morgan fingerprint density at radius 1 is 1.50 bits per heavy atom. The molecule has 2 N–H and O–H groups in total. The van der Waals surface area contributed by atoms with E-state index in [1.54, 1.807) is 13.0 Å². The van der Waals surface area contributed by atoms with Crippen LogP contribution in [0.15, 0.2) is 22.7 Å². The van der Waals surface area contributed by atoms with Gasteiger partial charge < -0.3 is 5.11 Å². The van der Waals surface area contributed by atoms with Gasteiger partial charge in [-0.3, -0.25) is 10.1 Å². The SMILES string of the molecule is CC(NC(C)c1ccc(F)cc1Br)C(=O)O. The molecule has 16 heavy (non-hydrogen) atoms. The fourth-order valence-electron chi connectivity index (χ4n) is 1.39. The normalized spacial score (nSPS) is 14.5. The minimum atomic E-state index is -0.912. The Labute approximate surface area is 102 Å². The third-order valence-corrected chi connectivity index (χ3v) is 2.99. The van der Waals surface area contributed by atoms with E-state index in [4.69, 9.17) is 5.11 Å². The third-order valence-electron chi connectivity index (χ3n) is 2.30. The smallest absolute Gasteiger partial charge is 0.320 e. The summed E-state index contributed by atoms with van der Waals surface area (Å²) in [6.45, 7) is 3.40. The van der Waals surface area contributed by atoms with Crippen LogP contribution in [0.3, 0.4) is 0 Å². The van der Waals surface area contributed by atoms with Gasteiger partial charge in [-0.2, -0.15) is 0 Å². The average Bonchev–Trinajstić information content (AvgIpc) is 2.16. The lowest BCUT2D eigenvalue weighted by molar-refractivity contribution is -0.139. The molecule has 0 amide bonds. The summed E-state index contributed by atoms with van der Waals surface area (Å²) < 4.78 is 13.5. The highest BCUT2D eigenvalue weighted by Crippen LogP contribution is 2.24. The lowest BCUT2D eigenvalue weighted by Crippen LogP contribution is -2.35. The van der Waals surface area contributed by atoms with E-state index in [0.717, 1.165) is 5.56 Å². The number of benzene rings is 1. The van der Waals surface area contributed by atoms with Crippen molar-refractivity contribution < 1.29 is 14.3 Å². The van der Waals surface area contributed by atoms with Gasteiger partial charge in [0.05, 0.1) is 0 Å². The molecule has 0 aliphatic carbocycles. The summed E-state index contributed by atoms with van der Waals surface area (Å²) in [5.41, 5.74) is 0.828. The Hall–Kier alpha value is -0.940. The van der Waals surface area contributed by atoms with Crippen LogP contribution in [0.5, 0.6) is 0 Å². The van der Waals surface area contributed by atoms with Crippen LogP contribution < -0.4 is 5.32 Å². The predicted octanol–water partition coefficient (Wildman–Crippen LogP) is 2.71. The largest absolute Gasteiger partial charge is 0.480 e. The van der Waals surface area contributed by atoms with E-state index in [0.29, 0.717) is 4.47 Å². The van der Waals surface area contributed by atoms with Gasteiger partial charge in [0.15, 0.2) is 0 Å². The molecule has 1 rings (SSSR count). The zero-order valence-electron chi connectivity index (χ0n) is 9.00. The second-order valence-corrected chi connectivity index (χ2v) is 4.47. The highest BCUT2D eigenvalue weighted by Gasteiger charge is 2.16. The lowest BCUT2D eigenvalue weighted by Gasteiger charge is -2.18. The van der Waals surface area contributed by atoms with Gasteiger partial charge in [0.25, 0.3) is 0 Å². The number of carboxylic acids is 1. The number of hydrogen-bond donors (Lipinski definition) is 2.